The molecule has 0 spiro atoms. The highest BCUT2D eigenvalue weighted by Gasteiger charge is 2.30. The minimum absolute atomic E-state index is 0.389. The highest BCUT2D eigenvalue weighted by atomic mass is 32.2. The molecule has 0 aliphatic heterocycles. The van der Waals surface area contributed by atoms with Gasteiger partial charge in [0, 0.05) is 0 Å². The second kappa shape index (κ2) is 4.56. The number of nitrogens with two attached hydrogens (primary N) is 1. The van der Waals surface area contributed by atoms with Crippen molar-refractivity contribution in [1.82, 2.24) is 5.32 Å². The fourth-order valence-corrected chi connectivity index (χ4v) is 0.964. The van der Waals surface area contributed by atoms with Crippen molar-refractivity contribution in [3.05, 3.63) is 11.1 Å². The van der Waals surface area contributed by atoms with Crippen molar-refractivity contribution in [2.75, 3.05) is 19.8 Å². The molecule has 0 rings (SSSR count). The van der Waals surface area contributed by atoms with Crippen LogP contribution in [0.1, 0.15) is 0 Å². The predicted molar refractivity (Wildman–Crippen MR) is 44.7 cm³/mol. The molecule has 0 aromatic heterocycles. The van der Waals surface area contributed by atoms with Gasteiger partial charge in [0.1, 0.15) is 0 Å². The molecule has 0 aromatic carbocycles. The van der Waals surface area contributed by atoms with E-state index in [9.17, 15) is 8.78 Å². The van der Waals surface area contributed by atoms with E-state index in [1.54, 1.807) is 6.26 Å². The molecule has 5 heteroatoms. The molecule has 66 valence electrons. The monoisotopic (exact) mass is 182 g/mol. The number of halogens is 2. The Kier molecular flexibility index (Phi) is 4.44. The van der Waals surface area contributed by atoms with Crippen LogP contribution >= 0.6 is 11.8 Å². The van der Waals surface area contributed by atoms with Crippen molar-refractivity contribution in [2.45, 2.75) is 5.92 Å². The standard InChI is InChI=1S/C6H12F2N2S/c1-10-4-6(7,8)5(9)3-11-2/h3,10H,4,9H2,1-2H3/b5-3-. The van der Waals surface area contributed by atoms with Crippen LogP contribution in [0.3, 0.4) is 0 Å². The van der Waals surface area contributed by atoms with Crippen molar-refractivity contribution in [3.63, 3.8) is 0 Å². The summed E-state index contributed by atoms with van der Waals surface area (Å²) in [5.41, 5.74) is 4.71. The van der Waals surface area contributed by atoms with Crippen LogP contribution in [0.4, 0.5) is 8.78 Å². The molecule has 11 heavy (non-hydrogen) atoms. The Hall–Kier alpha value is -0.290. The fraction of sp³-hybridized carbons (Fsp3) is 0.667. The Morgan fingerprint density at radius 1 is 1.73 bits per heavy atom. The zero-order valence-electron chi connectivity index (χ0n) is 6.53. The Labute approximate surface area is 69.2 Å². The van der Waals surface area contributed by atoms with Crippen molar-refractivity contribution in [1.29, 1.82) is 0 Å². The first-order chi connectivity index (χ1) is 5.04. The first kappa shape index (κ1) is 10.7. The van der Waals surface area contributed by atoms with Gasteiger partial charge >= 0.3 is 0 Å². The maximum Gasteiger partial charge on any atom is 0.299 e. The number of nitrogens with one attached hydrogen (secondary N) is 1. The topological polar surface area (TPSA) is 38.0 Å². The largest absolute Gasteiger partial charge is 0.397 e. The van der Waals surface area contributed by atoms with Gasteiger partial charge in [-0.15, -0.1) is 11.8 Å². The summed E-state index contributed by atoms with van der Waals surface area (Å²) in [5.74, 6) is -2.93. The van der Waals surface area contributed by atoms with E-state index in [4.69, 9.17) is 5.73 Å². The molecule has 3 N–H and O–H groups in total. The van der Waals surface area contributed by atoms with Crippen LogP contribution in [0.15, 0.2) is 11.1 Å². The van der Waals surface area contributed by atoms with E-state index in [2.05, 4.69) is 5.32 Å². The Balaban J connectivity index is 4.16. The second-order valence-electron chi connectivity index (χ2n) is 2.04. The lowest BCUT2D eigenvalue weighted by molar-refractivity contribution is 0.0427. The van der Waals surface area contributed by atoms with E-state index >= 15 is 0 Å². The van der Waals surface area contributed by atoms with E-state index in [0.29, 0.717) is 0 Å². The van der Waals surface area contributed by atoms with Crippen molar-refractivity contribution >= 4 is 11.8 Å². The molecule has 0 amide bonds. The zero-order valence-corrected chi connectivity index (χ0v) is 7.34. The molecule has 0 fully saturated rings. The number of hydrogen-bond donors (Lipinski definition) is 2. The first-order valence-electron chi connectivity index (χ1n) is 3.06. The van der Waals surface area contributed by atoms with Crippen LogP contribution in [0.25, 0.3) is 0 Å². The number of hydrogen-bond acceptors (Lipinski definition) is 3. The lowest BCUT2D eigenvalue weighted by atomic mass is 10.3. The van der Waals surface area contributed by atoms with Gasteiger partial charge in [0.05, 0.1) is 12.2 Å². The fourth-order valence-electron chi connectivity index (χ4n) is 0.537. The molecular formula is C6H12F2N2S. The van der Waals surface area contributed by atoms with E-state index in [-0.39, 0.29) is 5.70 Å². The summed E-state index contributed by atoms with van der Waals surface area (Å²) >= 11 is 1.17. The van der Waals surface area contributed by atoms with Gasteiger partial charge in [-0.2, -0.15) is 8.78 Å². The number of thioether (sulfide) groups is 1. The minimum Gasteiger partial charge on any atom is -0.397 e. The van der Waals surface area contributed by atoms with Gasteiger partial charge in [-0.1, -0.05) is 0 Å². The summed E-state index contributed by atoms with van der Waals surface area (Å²) in [6.45, 7) is -0.421. The number of alkyl halides is 2. The summed E-state index contributed by atoms with van der Waals surface area (Å²) in [6.07, 6.45) is 1.68. The van der Waals surface area contributed by atoms with Crippen molar-refractivity contribution in [3.8, 4) is 0 Å². The Morgan fingerprint density at radius 3 is 2.64 bits per heavy atom. The molecule has 0 saturated carbocycles. The smallest absolute Gasteiger partial charge is 0.299 e. The Bertz CT molecular complexity index is 148. The maximum absolute atomic E-state index is 12.7. The molecule has 2 nitrogen and oxygen atoms in total. The normalized spacial score (nSPS) is 13.6. The Morgan fingerprint density at radius 2 is 2.27 bits per heavy atom. The summed E-state index contributed by atoms with van der Waals surface area (Å²) in [5, 5.41) is 3.61. The van der Waals surface area contributed by atoms with Gasteiger partial charge in [0.2, 0.25) is 0 Å². The molecular weight excluding hydrogens is 170 g/mol. The molecule has 0 heterocycles. The quantitative estimate of drug-likeness (QED) is 0.681. The van der Waals surface area contributed by atoms with Gasteiger partial charge in [0.15, 0.2) is 0 Å². The van der Waals surface area contributed by atoms with Gasteiger partial charge in [-0.05, 0) is 18.7 Å². The molecule has 0 aromatic rings. The van der Waals surface area contributed by atoms with Crippen LogP contribution in [0, 0.1) is 0 Å². The minimum atomic E-state index is -2.93. The van der Waals surface area contributed by atoms with Gasteiger partial charge in [-0.3, -0.25) is 0 Å². The second-order valence-corrected chi connectivity index (χ2v) is 2.75. The van der Waals surface area contributed by atoms with E-state index in [1.165, 1.54) is 24.2 Å². The average Bonchev–Trinajstić information content (AvgIpc) is 1.88. The average molecular weight is 182 g/mol. The van der Waals surface area contributed by atoms with Gasteiger partial charge < -0.3 is 11.1 Å². The van der Waals surface area contributed by atoms with Crippen LogP contribution in [0.5, 0.6) is 0 Å². The SMILES string of the molecule is CNCC(F)(F)/C(N)=C/SC. The van der Waals surface area contributed by atoms with Crippen molar-refractivity contribution < 1.29 is 8.78 Å². The third kappa shape index (κ3) is 3.57. The highest BCUT2D eigenvalue weighted by molar-refractivity contribution is 8.01. The highest BCUT2D eigenvalue weighted by Crippen LogP contribution is 2.20. The molecule has 0 atom stereocenters. The van der Waals surface area contributed by atoms with Crippen molar-refractivity contribution in [2.24, 2.45) is 5.73 Å². The maximum atomic E-state index is 12.7. The molecule has 0 aliphatic rings. The number of rotatable bonds is 4. The van der Waals surface area contributed by atoms with E-state index in [1.807, 2.05) is 0 Å². The first-order valence-corrected chi connectivity index (χ1v) is 4.34. The summed E-state index contributed by atoms with van der Waals surface area (Å²) < 4.78 is 25.5. The summed E-state index contributed by atoms with van der Waals surface area (Å²) in [7, 11) is 1.46. The lowest BCUT2D eigenvalue weighted by Gasteiger charge is -2.15. The predicted octanol–water partition coefficient (Wildman–Crippen LogP) is 1.00. The summed E-state index contributed by atoms with van der Waals surface area (Å²) in [6, 6.07) is 0. The zero-order chi connectivity index (χ0) is 8.91. The van der Waals surface area contributed by atoms with Crippen LogP contribution < -0.4 is 11.1 Å². The summed E-state index contributed by atoms with van der Waals surface area (Å²) in [4.78, 5) is 0. The van der Waals surface area contributed by atoms with E-state index in [0.717, 1.165) is 0 Å². The van der Waals surface area contributed by atoms with Crippen LogP contribution in [-0.2, 0) is 0 Å². The molecule has 0 radical (unpaired) electrons. The molecule has 0 saturated heterocycles. The third-order valence-electron chi connectivity index (χ3n) is 1.07. The van der Waals surface area contributed by atoms with E-state index < -0.39 is 12.5 Å². The molecule has 0 unspecified atom stereocenters. The lowest BCUT2D eigenvalue weighted by Crippen LogP contribution is -2.35. The molecule has 0 bridgehead atoms. The molecule has 0 aliphatic carbocycles. The van der Waals surface area contributed by atoms with Crippen LogP contribution in [0.2, 0.25) is 0 Å². The van der Waals surface area contributed by atoms with Gasteiger partial charge in [-0.25, -0.2) is 0 Å². The van der Waals surface area contributed by atoms with Crippen LogP contribution in [-0.4, -0.2) is 25.8 Å². The third-order valence-corrected chi connectivity index (χ3v) is 1.56. The van der Waals surface area contributed by atoms with Gasteiger partial charge in [0.25, 0.3) is 5.92 Å².